The molecule has 4 heteroatoms. The zero-order valence-electron chi connectivity index (χ0n) is 8.32. The topological polar surface area (TPSA) is 48.4 Å². The van der Waals surface area contributed by atoms with Gasteiger partial charge in [-0.25, -0.2) is 0 Å². The van der Waals surface area contributed by atoms with Gasteiger partial charge in [0.1, 0.15) is 12.4 Å². The molecule has 0 N–H and O–H groups in total. The van der Waals surface area contributed by atoms with Gasteiger partial charge in [-0.3, -0.25) is 9.78 Å². The van der Waals surface area contributed by atoms with Crippen molar-refractivity contribution in [2.24, 2.45) is 0 Å². The first kappa shape index (κ1) is 10.7. The Morgan fingerprint density at radius 2 is 2.21 bits per heavy atom. The first-order valence-electron chi connectivity index (χ1n) is 4.31. The Hall–Kier alpha value is -1.42. The van der Waals surface area contributed by atoms with Crippen LogP contribution in [0.5, 0.6) is 5.75 Å². The maximum Gasteiger partial charge on any atom is 0.161 e. The van der Waals surface area contributed by atoms with Crippen molar-refractivity contribution in [3.8, 4) is 5.75 Å². The number of carbonyl (C=O) groups is 1. The molecule has 0 aliphatic carbocycles. The van der Waals surface area contributed by atoms with E-state index in [2.05, 4.69) is 4.98 Å². The highest BCUT2D eigenvalue weighted by Gasteiger charge is 2.01. The van der Waals surface area contributed by atoms with Gasteiger partial charge in [0.15, 0.2) is 5.78 Å². The summed E-state index contributed by atoms with van der Waals surface area (Å²) >= 11 is 0. The zero-order valence-corrected chi connectivity index (χ0v) is 8.32. The summed E-state index contributed by atoms with van der Waals surface area (Å²) < 4.78 is 10.1. The Bertz CT molecular complexity index is 312. The molecule has 0 unspecified atom stereocenters. The number of pyridine rings is 1. The van der Waals surface area contributed by atoms with Crippen molar-refractivity contribution < 1.29 is 14.3 Å². The molecule has 1 rings (SSSR count). The summed E-state index contributed by atoms with van der Waals surface area (Å²) in [5.41, 5.74) is 0.555. The third kappa shape index (κ3) is 3.14. The number of ether oxygens (including phenoxy) is 2. The summed E-state index contributed by atoms with van der Waals surface area (Å²) in [7, 11) is 1.60. The fraction of sp³-hybridized carbons (Fsp3) is 0.400. The second-order valence-corrected chi connectivity index (χ2v) is 2.81. The third-order valence-electron chi connectivity index (χ3n) is 1.68. The van der Waals surface area contributed by atoms with E-state index in [9.17, 15) is 4.79 Å². The van der Waals surface area contributed by atoms with Crippen LogP contribution in [0.3, 0.4) is 0 Å². The number of rotatable bonds is 5. The fourth-order valence-corrected chi connectivity index (χ4v) is 0.933. The Labute approximate surface area is 82.9 Å². The van der Waals surface area contributed by atoms with Gasteiger partial charge in [0.05, 0.1) is 12.8 Å². The maximum absolute atomic E-state index is 11.0. The number of carbonyl (C=O) groups excluding carboxylic acids is 1. The highest BCUT2D eigenvalue weighted by atomic mass is 16.5. The van der Waals surface area contributed by atoms with Crippen LogP contribution in [-0.4, -0.2) is 31.1 Å². The van der Waals surface area contributed by atoms with Crippen molar-refractivity contribution in [3.05, 3.63) is 24.0 Å². The van der Waals surface area contributed by atoms with Crippen molar-refractivity contribution in [1.29, 1.82) is 0 Å². The minimum Gasteiger partial charge on any atom is -0.490 e. The van der Waals surface area contributed by atoms with Gasteiger partial charge in [-0.1, -0.05) is 0 Å². The molecule has 76 valence electrons. The average Bonchev–Trinajstić information content (AvgIpc) is 2.19. The van der Waals surface area contributed by atoms with Crippen LogP contribution in [0.1, 0.15) is 17.3 Å². The molecule has 0 aliphatic heterocycles. The van der Waals surface area contributed by atoms with E-state index in [1.807, 2.05) is 0 Å². The predicted molar refractivity (Wildman–Crippen MR) is 51.6 cm³/mol. The van der Waals surface area contributed by atoms with Gasteiger partial charge < -0.3 is 9.47 Å². The molecule has 0 aliphatic rings. The zero-order chi connectivity index (χ0) is 10.4. The van der Waals surface area contributed by atoms with Gasteiger partial charge >= 0.3 is 0 Å². The molecule has 0 fully saturated rings. The summed E-state index contributed by atoms with van der Waals surface area (Å²) in [6, 6.07) is 1.67. The Balaban J connectivity index is 2.59. The minimum absolute atomic E-state index is 0.0188. The smallest absolute Gasteiger partial charge is 0.161 e. The predicted octanol–water partition coefficient (Wildman–Crippen LogP) is 1.31. The molecular weight excluding hydrogens is 182 g/mol. The van der Waals surface area contributed by atoms with Crippen molar-refractivity contribution in [3.63, 3.8) is 0 Å². The second-order valence-electron chi connectivity index (χ2n) is 2.81. The second kappa shape index (κ2) is 5.34. The molecule has 0 spiro atoms. The van der Waals surface area contributed by atoms with Gasteiger partial charge in [-0.05, 0) is 13.0 Å². The molecular formula is C10H13NO3. The number of ketones is 1. The molecule has 1 heterocycles. The van der Waals surface area contributed by atoms with Crippen LogP contribution in [0.4, 0.5) is 0 Å². The summed E-state index contributed by atoms with van der Waals surface area (Å²) in [6.07, 6.45) is 3.09. The number of hydrogen-bond donors (Lipinski definition) is 0. The van der Waals surface area contributed by atoms with E-state index in [0.717, 1.165) is 0 Å². The van der Waals surface area contributed by atoms with Crippen LogP contribution >= 0.6 is 0 Å². The number of hydrogen-bond acceptors (Lipinski definition) is 4. The van der Waals surface area contributed by atoms with Gasteiger partial charge in [0.2, 0.25) is 0 Å². The highest BCUT2D eigenvalue weighted by molar-refractivity contribution is 5.94. The summed E-state index contributed by atoms with van der Waals surface area (Å²) in [6.45, 7) is 2.47. The van der Waals surface area contributed by atoms with E-state index in [4.69, 9.17) is 9.47 Å². The lowest BCUT2D eigenvalue weighted by Gasteiger charge is -2.05. The lowest BCUT2D eigenvalue weighted by molar-refractivity contribution is 0.101. The van der Waals surface area contributed by atoms with Crippen LogP contribution in [0.25, 0.3) is 0 Å². The summed E-state index contributed by atoms with van der Waals surface area (Å²) in [5, 5.41) is 0. The van der Waals surface area contributed by atoms with Crippen LogP contribution in [0.15, 0.2) is 18.5 Å². The molecule has 0 atom stereocenters. The maximum atomic E-state index is 11.0. The van der Waals surface area contributed by atoms with Crippen molar-refractivity contribution in [2.45, 2.75) is 6.92 Å². The van der Waals surface area contributed by atoms with E-state index in [1.54, 1.807) is 19.4 Å². The molecule has 4 nitrogen and oxygen atoms in total. The number of Topliss-reactive ketones (excluding diaryl/α,β-unsaturated/α-hetero) is 1. The first-order chi connectivity index (χ1) is 6.74. The summed E-state index contributed by atoms with van der Waals surface area (Å²) in [4.78, 5) is 14.9. The molecule has 0 saturated heterocycles. The molecule has 0 saturated carbocycles. The molecule has 0 radical (unpaired) electrons. The van der Waals surface area contributed by atoms with E-state index < -0.39 is 0 Å². The monoisotopic (exact) mass is 195 g/mol. The molecule has 1 aromatic heterocycles. The lowest BCUT2D eigenvalue weighted by Crippen LogP contribution is -2.05. The first-order valence-corrected chi connectivity index (χ1v) is 4.31. The molecule has 0 bridgehead atoms. The standard InChI is InChI=1S/C10H13NO3/c1-8(12)9-5-10(7-11-6-9)14-4-3-13-2/h5-7H,3-4H2,1-2H3. The van der Waals surface area contributed by atoms with Gasteiger partial charge in [-0.15, -0.1) is 0 Å². The van der Waals surface area contributed by atoms with Crippen LogP contribution in [0.2, 0.25) is 0 Å². The van der Waals surface area contributed by atoms with Crippen LogP contribution in [0, 0.1) is 0 Å². The van der Waals surface area contributed by atoms with Gasteiger partial charge in [0.25, 0.3) is 0 Å². The molecule has 0 amide bonds. The fourth-order valence-electron chi connectivity index (χ4n) is 0.933. The van der Waals surface area contributed by atoms with E-state index in [0.29, 0.717) is 24.5 Å². The average molecular weight is 195 g/mol. The van der Waals surface area contributed by atoms with E-state index in [1.165, 1.54) is 13.1 Å². The van der Waals surface area contributed by atoms with Crippen molar-refractivity contribution in [1.82, 2.24) is 4.98 Å². The molecule has 0 aromatic carbocycles. The number of nitrogens with zero attached hydrogens (tertiary/aromatic N) is 1. The van der Waals surface area contributed by atoms with Crippen molar-refractivity contribution in [2.75, 3.05) is 20.3 Å². The largest absolute Gasteiger partial charge is 0.490 e. The number of aromatic nitrogens is 1. The lowest BCUT2D eigenvalue weighted by atomic mass is 10.2. The van der Waals surface area contributed by atoms with Crippen molar-refractivity contribution >= 4 is 5.78 Å². The van der Waals surface area contributed by atoms with Gasteiger partial charge in [0, 0.05) is 18.9 Å². The summed E-state index contributed by atoms with van der Waals surface area (Å²) in [5.74, 6) is 0.574. The third-order valence-corrected chi connectivity index (χ3v) is 1.68. The quantitative estimate of drug-likeness (QED) is 0.525. The molecule has 14 heavy (non-hydrogen) atoms. The Morgan fingerprint density at radius 3 is 2.86 bits per heavy atom. The highest BCUT2D eigenvalue weighted by Crippen LogP contribution is 2.11. The number of methoxy groups -OCH3 is 1. The SMILES string of the molecule is COCCOc1cncc(C(C)=O)c1. The normalized spacial score (nSPS) is 9.86. The minimum atomic E-state index is -0.0188. The Kier molecular flexibility index (Phi) is 4.07. The molecule has 1 aromatic rings. The van der Waals surface area contributed by atoms with Crippen LogP contribution in [-0.2, 0) is 4.74 Å². The van der Waals surface area contributed by atoms with E-state index >= 15 is 0 Å². The van der Waals surface area contributed by atoms with E-state index in [-0.39, 0.29) is 5.78 Å². The van der Waals surface area contributed by atoms with Crippen LogP contribution < -0.4 is 4.74 Å². The van der Waals surface area contributed by atoms with Gasteiger partial charge in [-0.2, -0.15) is 0 Å². The Morgan fingerprint density at radius 1 is 1.43 bits per heavy atom.